The number of amides is 2. The molecule has 1 heterocycles. The summed E-state index contributed by atoms with van der Waals surface area (Å²) in [6.07, 6.45) is -6.40. The number of nitrogens with zero attached hydrogens (tertiary/aromatic N) is 2. The van der Waals surface area contributed by atoms with Gasteiger partial charge in [-0.3, -0.25) is 25.0 Å². The number of nitro groups is 1. The molecule has 1 atom stereocenters. The molecule has 9 nitrogen and oxygen atoms in total. The summed E-state index contributed by atoms with van der Waals surface area (Å²) in [6, 6.07) is 11.3. The molecule has 2 aromatic carbocycles. The molecule has 0 saturated heterocycles. The molecule has 35 heavy (non-hydrogen) atoms. The number of benzene rings is 2. The summed E-state index contributed by atoms with van der Waals surface area (Å²) in [6.45, 7) is 3.30. The van der Waals surface area contributed by atoms with Crippen LogP contribution in [0, 0.1) is 10.1 Å². The number of ketones is 1. The smallest absolute Gasteiger partial charge is 0.444 e. The first-order valence-electron chi connectivity index (χ1n) is 10.4. The summed E-state index contributed by atoms with van der Waals surface area (Å²) in [7, 11) is 0. The van der Waals surface area contributed by atoms with Crippen LogP contribution in [-0.2, 0) is 21.6 Å². The van der Waals surface area contributed by atoms with Crippen LogP contribution >= 0.6 is 0 Å². The fourth-order valence-electron chi connectivity index (χ4n) is 3.78. The lowest BCUT2D eigenvalue weighted by molar-refractivity contribution is -0.488. The molecule has 12 heteroatoms. The van der Waals surface area contributed by atoms with E-state index in [1.165, 1.54) is 20.8 Å². The van der Waals surface area contributed by atoms with Gasteiger partial charge in [0.1, 0.15) is 5.60 Å². The number of carbonyl (C=O) groups is 3. The number of rotatable bonds is 6. The van der Waals surface area contributed by atoms with Gasteiger partial charge in [-0.15, -0.1) is 0 Å². The Bertz CT molecular complexity index is 1180. The maximum absolute atomic E-state index is 13.6. The zero-order valence-corrected chi connectivity index (χ0v) is 19.0. The second kappa shape index (κ2) is 9.01. The van der Waals surface area contributed by atoms with Gasteiger partial charge >= 0.3 is 12.3 Å². The number of fused-ring (bicyclic) bond motifs is 1. The Kier molecular flexibility index (Phi) is 6.60. The van der Waals surface area contributed by atoms with Gasteiger partial charge in [0, 0.05) is 16.1 Å². The summed E-state index contributed by atoms with van der Waals surface area (Å²) in [5.74, 6) is -3.14. The molecule has 0 aromatic heterocycles. The first kappa shape index (κ1) is 25.7. The number of halogens is 3. The Morgan fingerprint density at radius 3 is 2.29 bits per heavy atom. The summed E-state index contributed by atoms with van der Waals surface area (Å²) in [5, 5.41) is 13.8. The van der Waals surface area contributed by atoms with Gasteiger partial charge in [0.15, 0.2) is 0 Å². The third-order valence-electron chi connectivity index (χ3n) is 5.14. The fourth-order valence-corrected chi connectivity index (χ4v) is 3.78. The molecule has 3 rings (SSSR count). The van der Waals surface area contributed by atoms with Crippen LogP contribution in [0.15, 0.2) is 48.5 Å². The number of carbonyl (C=O) groups excluding carboxylic acids is 3. The van der Waals surface area contributed by atoms with Gasteiger partial charge in [-0.05, 0) is 44.5 Å². The van der Waals surface area contributed by atoms with Crippen molar-refractivity contribution in [2.45, 2.75) is 44.6 Å². The van der Waals surface area contributed by atoms with E-state index in [-0.39, 0.29) is 17.8 Å². The lowest BCUT2D eigenvalue weighted by Gasteiger charge is -2.28. The second-order valence-electron chi connectivity index (χ2n) is 8.96. The van der Waals surface area contributed by atoms with Gasteiger partial charge in [0.05, 0.1) is 12.2 Å². The van der Waals surface area contributed by atoms with Crippen molar-refractivity contribution in [1.82, 2.24) is 5.32 Å². The number of alkyl carbamates (subject to hydrolysis) is 1. The van der Waals surface area contributed by atoms with E-state index in [9.17, 15) is 37.7 Å². The highest BCUT2D eigenvalue weighted by Crippen LogP contribution is 2.43. The first-order chi connectivity index (χ1) is 16.1. The minimum Gasteiger partial charge on any atom is -0.444 e. The lowest BCUT2D eigenvalue weighted by Crippen LogP contribution is -2.57. The molecule has 1 N–H and O–H groups in total. The van der Waals surface area contributed by atoms with E-state index < -0.39 is 52.1 Å². The normalized spacial score (nSPS) is 17.7. The van der Waals surface area contributed by atoms with Gasteiger partial charge in [-0.25, -0.2) is 4.79 Å². The molecular weight excluding hydrogens is 471 g/mol. The van der Waals surface area contributed by atoms with Crippen LogP contribution in [0.1, 0.15) is 42.3 Å². The first-order valence-corrected chi connectivity index (χ1v) is 10.4. The Labute approximate surface area is 198 Å². The van der Waals surface area contributed by atoms with Crippen LogP contribution in [0.3, 0.4) is 0 Å². The zero-order chi connectivity index (χ0) is 26.2. The molecule has 1 aliphatic rings. The van der Waals surface area contributed by atoms with E-state index >= 15 is 0 Å². The molecule has 0 saturated carbocycles. The highest BCUT2D eigenvalue weighted by Gasteiger charge is 2.57. The van der Waals surface area contributed by atoms with E-state index in [2.05, 4.69) is 5.32 Å². The van der Waals surface area contributed by atoms with E-state index in [4.69, 9.17) is 4.74 Å². The Morgan fingerprint density at radius 2 is 1.74 bits per heavy atom. The Hall–Kier alpha value is -3.96. The Morgan fingerprint density at radius 1 is 1.11 bits per heavy atom. The quantitative estimate of drug-likeness (QED) is 0.370. The summed E-state index contributed by atoms with van der Waals surface area (Å²) in [4.78, 5) is 50.0. The zero-order valence-electron chi connectivity index (χ0n) is 19.0. The van der Waals surface area contributed by atoms with Crippen LogP contribution in [0.2, 0.25) is 0 Å². The van der Waals surface area contributed by atoms with Crippen molar-refractivity contribution in [3.8, 4) is 0 Å². The van der Waals surface area contributed by atoms with E-state index in [1.54, 1.807) is 30.3 Å². The summed E-state index contributed by atoms with van der Waals surface area (Å²) in [5.41, 5.74) is -3.94. The fraction of sp³-hybridized carbons (Fsp3) is 0.348. The van der Waals surface area contributed by atoms with Crippen LogP contribution in [-0.4, -0.2) is 41.0 Å². The number of ether oxygens (including phenoxy) is 1. The molecule has 0 spiro atoms. The van der Waals surface area contributed by atoms with Crippen LogP contribution in [0.4, 0.5) is 23.7 Å². The maximum Gasteiger partial charge on any atom is 0.454 e. The molecule has 0 bridgehead atoms. The third-order valence-corrected chi connectivity index (χ3v) is 5.14. The third kappa shape index (κ3) is 5.42. The molecular formula is C23H22F3N3O6. The van der Waals surface area contributed by atoms with Crippen molar-refractivity contribution in [2.24, 2.45) is 0 Å². The lowest BCUT2D eigenvalue weighted by atomic mass is 9.89. The highest BCUT2D eigenvalue weighted by molar-refractivity contribution is 6.10. The van der Waals surface area contributed by atoms with E-state index in [0.717, 1.165) is 23.1 Å². The van der Waals surface area contributed by atoms with E-state index in [1.807, 2.05) is 0 Å². The average Bonchev–Trinajstić information content (AvgIpc) is 2.93. The van der Waals surface area contributed by atoms with Crippen molar-refractivity contribution < 1.29 is 37.2 Å². The van der Waals surface area contributed by atoms with Crippen molar-refractivity contribution in [3.63, 3.8) is 0 Å². The number of hydrogen-bond acceptors (Lipinski definition) is 6. The SMILES string of the molecule is CC(C)(C)OC(=O)N[C@]1(C[N+](=O)[O-])C(=O)N(Cc2ccccc2)c2ccc(C(=O)C(F)(F)F)cc21. The van der Waals surface area contributed by atoms with Crippen molar-refractivity contribution >= 4 is 23.5 Å². The maximum atomic E-state index is 13.6. The van der Waals surface area contributed by atoms with Crippen LogP contribution < -0.4 is 10.2 Å². The molecule has 1 aliphatic heterocycles. The van der Waals surface area contributed by atoms with E-state index in [0.29, 0.717) is 5.56 Å². The van der Waals surface area contributed by atoms with Crippen molar-refractivity contribution in [2.75, 3.05) is 11.4 Å². The molecule has 0 aliphatic carbocycles. The molecule has 2 aromatic rings. The largest absolute Gasteiger partial charge is 0.454 e. The number of nitrogens with one attached hydrogen (secondary N) is 1. The summed E-state index contributed by atoms with van der Waals surface area (Å²) < 4.78 is 44.5. The van der Waals surface area contributed by atoms with Crippen molar-refractivity contribution in [1.29, 1.82) is 0 Å². The Balaban J connectivity index is 2.19. The minimum atomic E-state index is -5.22. The highest BCUT2D eigenvalue weighted by atomic mass is 19.4. The van der Waals surface area contributed by atoms with Gasteiger partial charge in [0.2, 0.25) is 12.1 Å². The number of anilines is 1. The predicted molar refractivity (Wildman–Crippen MR) is 117 cm³/mol. The monoisotopic (exact) mass is 493 g/mol. The number of hydrogen-bond donors (Lipinski definition) is 1. The van der Waals surface area contributed by atoms with Crippen LogP contribution in [0.5, 0.6) is 0 Å². The van der Waals surface area contributed by atoms with Gasteiger partial charge < -0.3 is 9.64 Å². The molecule has 2 amide bonds. The molecule has 186 valence electrons. The summed E-state index contributed by atoms with van der Waals surface area (Å²) >= 11 is 0. The molecule has 0 radical (unpaired) electrons. The number of alkyl halides is 3. The molecule has 0 fully saturated rings. The average molecular weight is 493 g/mol. The predicted octanol–water partition coefficient (Wildman–Crippen LogP) is 3.98. The molecule has 0 unspecified atom stereocenters. The van der Waals surface area contributed by atoms with Gasteiger partial charge in [-0.2, -0.15) is 13.2 Å². The standard InChI is InChI=1S/C23H22F3N3O6/c1-21(2,3)35-20(32)27-22(13-29(33)34)16-11-15(18(30)23(24,25)26)9-10-17(16)28(19(22)31)12-14-7-5-4-6-8-14/h4-11H,12-13H2,1-3H3,(H,27,32)/t22-/m0/s1. The van der Waals surface area contributed by atoms with Crippen LogP contribution in [0.25, 0.3) is 0 Å². The number of Topliss-reactive ketones (excluding diaryl/α,β-unsaturated/α-hetero) is 1. The van der Waals surface area contributed by atoms with Crippen molar-refractivity contribution in [3.05, 3.63) is 75.3 Å². The van der Waals surface area contributed by atoms with Gasteiger partial charge in [-0.1, -0.05) is 30.3 Å². The second-order valence-corrected chi connectivity index (χ2v) is 8.96. The van der Waals surface area contributed by atoms with Gasteiger partial charge in [0.25, 0.3) is 11.7 Å². The topological polar surface area (TPSA) is 119 Å². The minimum absolute atomic E-state index is 0.0236.